The molecule has 0 spiro atoms. The Balaban J connectivity index is 3.19. The molecule has 156 valence electrons. The zero-order valence-corrected chi connectivity index (χ0v) is 21.8. The van der Waals surface area contributed by atoms with Gasteiger partial charge in [-0.15, -0.1) is 70.6 Å². The first-order valence-corrected chi connectivity index (χ1v) is 17.7. The lowest BCUT2D eigenvalue weighted by atomic mass is 10.8. The molecule has 0 heterocycles. The number of carbonyl (C=O) groups excluding carboxylic acids is 1. The van der Waals surface area contributed by atoms with Gasteiger partial charge < -0.3 is 14.4 Å². The molecule has 0 aliphatic heterocycles. The molecule has 0 saturated heterocycles. The van der Waals surface area contributed by atoms with Crippen LogP contribution in [0.1, 0.15) is 0 Å². The van der Waals surface area contributed by atoms with E-state index in [-0.39, 0.29) is 11.9 Å². The van der Waals surface area contributed by atoms with Gasteiger partial charge in [0, 0.05) is 36.9 Å². The second-order valence-corrected chi connectivity index (χ2v) is 15.4. The van der Waals surface area contributed by atoms with Gasteiger partial charge in [0.05, 0.1) is 11.7 Å². The van der Waals surface area contributed by atoms with Crippen LogP contribution >= 0.6 is 95.0 Å². The number of aliphatic hydroxyl groups is 1. The summed E-state index contributed by atoms with van der Waals surface area (Å²) in [5.74, 6) is 2.85. The van der Waals surface area contributed by atoms with E-state index in [2.05, 4.69) is 12.6 Å². The van der Waals surface area contributed by atoms with Crippen LogP contribution in [0, 0.1) is 0 Å². The van der Waals surface area contributed by atoms with Crippen LogP contribution in [-0.2, 0) is 20.7 Å². The van der Waals surface area contributed by atoms with Crippen LogP contribution in [0.4, 0.5) is 0 Å². The zero-order valence-electron chi connectivity index (χ0n) is 14.4. The van der Waals surface area contributed by atoms with Crippen LogP contribution in [0.2, 0.25) is 0 Å². The Bertz CT molecular complexity index is 315. The highest BCUT2D eigenvalue weighted by Gasteiger charge is 2.05. The van der Waals surface area contributed by atoms with Crippen molar-refractivity contribution in [3.8, 4) is 0 Å². The summed E-state index contributed by atoms with van der Waals surface area (Å²) >= 11 is 15.2. The highest BCUT2D eigenvalue weighted by atomic mass is 32.3. The summed E-state index contributed by atoms with van der Waals surface area (Å²) in [6, 6.07) is 0. The second-order valence-electron chi connectivity index (χ2n) is 4.19. The first kappa shape index (κ1) is 28.5. The minimum atomic E-state index is -0.722. The molecule has 0 aromatic rings. The summed E-state index contributed by atoms with van der Waals surface area (Å²) < 4.78 is 16.7. The number of aliphatic hydroxyl groups excluding tert-OH is 1. The van der Waals surface area contributed by atoms with Gasteiger partial charge in [0.2, 0.25) is 0 Å². The maximum atomic E-state index is 11.6. The van der Waals surface area contributed by atoms with Crippen molar-refractivity contribution in [1.29, 1.82) is 0 Å². The molecular weight excluding hydrogens is 509 g/mol. The number of esters is 1. The van der Waals surface area contributed by atoms with Crippen molar-refractivity contribution in [3.63, 3.8) is 0 Å². The highest BCUT2D eigenvalue weighted by Crippen LogP contribution is 2.21. The molecular formula is C13H26O4S9. The van der Waals surface area contributed by atoms with Gasteiger partial charge in [-0.25, -0.2) is 0 Å². The molecule has 0 amide bonds. The van der Waals surface area contributed by atoms with Gasteiger partial charge in [0.1, 0.15) is 12.4 Å². The molecule has 0 fully saturated rings. The van der Waals surface area contributed by atoms with Crippen molar-refractivity contribution >= 4 is 112 Å². The van der Waals surface area contributed by atoms with Crippen LogP contribution in [0.15, 0.2) is 0 Å². The lowest BCUT2D eigenvalue weighted by Crippen LogP contribution is -2.10. The first-order valence-electron chi connectivity index (χ1n) is 7.47. The summed E-state index contributed by atoms with van der Waals surface area (Å²) in [7, 11) is 0. The smallest absolute Gasteiger partial charge is 0.315 e. The van der Waals surface area contributed by atoms with Gasteiger partial charge >= 0.3 is 5.97 Å². The Morgan fingerprint density at radius 3 is 2.35 bits per heavy atom. The van der Waals surface area contributed by atoms with Gasteiger partial charge in [0.15, 0.2) is 5.08 Å². The van der Waals surface area contributed by atoms with Gasteiger partial charge in [-0.1, -0.05) is 11.8 Å². The molecule has 1 atom stereocenters. The average Bonchev–Trinajstić information content (AvgIpc) is 2.64. The third-order valence-electron chi connectivity index (χ3n) is 2.23. The molecule has 0 aliphatic rings. The van der Waals surface area contributed by atoms with Crippen molar-refractivity contribution in [3.05, 3.63) is 0 Å². The van der Waals surface area contributed by atoms with Gasteiger partial charge in [0.25, 0.3) is 0 Å². The molecule has 0 saturated carbocycles. The van der Waals surface area contributed by atoms with E-state index in [0.29, 0.717) is 17.4 Å². The number of hydrogen-bond donors (Lipinski definition) is 2. The number of ether oxygens (including phenoxy) is 1. The maximum Gasteiger partial charge on any atom is 0.315 e. The topological polar surface area (TPSA) is 69.6 Å². The van der Waals surface area contributed by atoms with E-state index >= 15 is 0 Å². The van der Waals surface area contributed by atoms with Crippen molar-refractivity contribution in [2.24, 2.45) is 0 Å². The Morgan fingerprint density at radius 1 is 0.962 bits per heavy atom. The Labute approximate surface area is 195 Å². The number of thiol groups is 1. The molecule has 0 bridgehead atoms. The molecule has 4 nitrogen and oxygen atoms in total. The van der Waals surface area contributed by atoms with Crippen LogP contribution in [0.3, 0.4) is 0 Å². The second kappa shape index (κ2) is 23.8. The summed E-state index contributed by atoms with van der Waals surface area (Å²) in [5.41, 5.74) is 0. The number of carbonyl (C=O) groups is 1. The summed E-state index contributed by atoms with van der Waals surface area (Å²) in [5, 5.41) is 13.8. The van der Waals surface area contributed by atoms with E-state index in [1.54, 1.807) is 35.3 Å². The molecule has 1 unspecified atom stereocenters. The van der Waals surface area contributed by atoms with Crippen molar-refractivity contribution < 1.29 is 19.2 Å². The monoisotopic (exact) mass is 534 g/mol. The first-order chi connectivity index (χ1) is 12.7. The fourth-order valence-corrected chi connectivity index (χ4v) is 10.3. The van der Waals surface area contributed by atoms with Gasteiger partial charge in [-0.2, -0.15) is 12.6 Å². The minimum absolute atomic E-state index is 0.134. The van der Waals surface area contributed by atoms with E-state index in [1.165, 1.54) is 11.8 Å². The van der Waals surface area contributed by atoms with E-state index in [4.69, 9.17) is 9.84 Å². The van der Waals surface area contributed by atoms with E-state index < -0.39 is 11.2 Å². The average molecular weight is 535 g/mol. The number of thioether (sulfide) groups is 7. The maximum absolute atomic E-state index is 11.6. The predicted octanol–water partition coefficient (Wildman–Crippen LogP) is 4.04. The molecule has 1 N–H and O–H groups in total. The fourth-order valence-electron chi connectivity index (χ4n) is 1.18. The molecule has 0 aliphatic carbocycles. The largest absolute Gasteiger partial charge is 0.616 e. The third kappa shape index (κ3) is 22.8. The molecule has 0 radical (unpaired) electrons. The third-order valence-corrected chi connectivity index (χ3v) is 12.5. The molecule has 0 aromatic heterocycles. The summed E-state index contributed by atoms with van der Waals surface area (Å²) in [6.07, 6.45) is 0. The van der Waals surface area contributed by atoms with Crippen LogP contribution < -0.4 is 0 Å². The van der Waals surface area contributed by atoms with Crippen LogP contribution in [0.5, 0.6) is 0 Å². The fraction of sp³-hybridized carbons (Fsp3) is 0.923. The van der Waals surface area contributed by atoms with Gasteiger partial charge in [-0.3, -0.25) is 4.79 Å². The molecule has 0 rings (SSSR count). The SMILES string of the molecule is O=C(CSCSCSCSCC[S+]([O-])CSCS)OCCSCSCO. The lowest BCUT2D eigenvalue weighted by Gasteiger charge is -2.09. The van der Waals surface area contributed by atoms with E-state index in [0.717, 1.165) is 42.7 Å². The van der Waals surface area contributed by atoms with Crippen molar-refractivity contribution in [2.75, 3.05) is 66.1 Å². The normalized spacial score (nSPS) is 12.3. The lowest BCUT2D eigenvalue weighted by molar-refractivity contribution is -0.139. The van der Waals surface area contributed by atoms with E-state index in [9.17, 15) is 9.35 Å². The summed E-state index contributed by atoms with van der Waals surface area (Å²) in [4.78, 5) is 11.5. The number of hydrogen-bond acceptors (Lipinski definition) is 12. The summed E-state index contributed by atoms with van der Waals surface area (Å²) in [6.45, 7) is 0.439. The number of rotatable bonds is 20. The van der Waals surface area contributed by atoms with E-state index in [1.807, 2.05) is 35.3 Å². The van der Waals surface area contributed by atoms with Gasteiger partial charge in [-0.05, 0) is 11.2 Å². The zero-order chi connectivity index (χ0) is 19.3. The van der Waals surface area contributed by atoms with Crippen molar-refractivity contribution in [1.82, 2.24) is 0 Å². The molecule has 0 aromatic carbocycles. The Kier molecular flexibility index (Phi) is 26.1. The standard InChI is InChI=1S/C13H26O4S9/c14-6-22-8-19-2-1-17-13(15)5-21-10-25-11-24-9-20-3-4-26(16)12-23-7-18/h14,18H,1-12H2. The molecule has 26 heavy (non-hydrogen) atoms. The quantitative estimate of drug-likeness (QED) is 0.0782. The molecule has 13 heteroatoms. The highest BCUT2D eigenvalue weighted by molar-refractivity contribution is 8.26. The minimum Gasteiger partial charge on any atom is -0.616 e. The van der Waals surface area contributed by atoms with Crippen molar-refractivity contribution in [2.45, 2.75) is 0 Å². The Morgan fingerprint density at radius 2 is 1.62 bits per heavy atom. The van der Waals surface area contributed by atoms with Crippen LogP contribution in [-0.4, -0.2) is 81.7 Å². The predicted molar refractivity (Wildman–Crippen MR) is 137 cm³/mol. The Hall–Kier alpha value is 2.54. The van der Waals surface area contributed by atoms with Crippen LogP contribution in [0.25, 0.3) is 0 Å².